The number of ether oxygens (including phenoxy) is 1. The van der Waals surface area contributed by atoms with Gasteiger partial charge in [-0.15, -0.1) is 0 Å². The number of nitrogens with zero attached hydrogens (tertiary/aromatic N) is 1. The summed E-state index contributed by atoms with van der Waals surface area (Å²) in [6.07, 6.45) is 1.28. The van der Waals surface area contributed by atoms with Crippen molar-refractivity contribution in [1.82, 2.24) is 0 Å². The van der Waals surface area contributed by atoms with Crippen LogP contribution in [0.2, 0.25) is 0 Å². The van der Waals surface area contributed by atoms with Gasteiger partial charge in [0.2, 0.25) is 6.41 Å². The highest BCUT2D eigenvalue weighted by atomic mass is 32.2. The summed E-state index contributed by atoms with van der Waals surface area (Å²) in [5, 5.41) is 11.8. The zero-order chi connectivity index (χ0) is 23.5. The van der Waals surface area contributed by atoms with Gasteiger partial charge in [-0.05, 0) is 73.6 Å². The Morgan fingerprint density at radius 3 is 2.59 bits per heavy atom. The molecule has 0 radical (unpaired) electrons. The predicted molar refractivity (Wildman–Crippen MR) is 133 cm³/mol. The number of amidine groups is 1. The number of hydrogen-bond donors (Lipinski definition) is 3. The van der Waals surface area contributed by atoms with Gasteiger partial charge >= 0.3 is 5.63 Å². The van der Waals surface area contributed by atoms with Crippen LogP contribution in [0, 0.1) is 12.3 Å². The number of fused-ring (bicyclic) bond motifs is 1. The summed E-state index contributed by atoms with van der Waals surface area (Å²) < 4.78 is 14.3. The van der Waals surface area contributed by atoms with Crippen molar-refractivity contribution in [3.8, 4) is 5.75 Å². The Morgan fingerprint density at radius 2 is 1.97 bits per heavy atom. The Labute approximate surface area is 194 Å². The van der Waals surface area contributed by atoms with E-state index >= 15 is 0 Å². The number of rotatable bonds is 6. The van der Waals surface area contributed by atoms with Gasteiger partial charge in [0, 0.05) is 33.5 Å². The minimum Gasteiger partial charge on any atom is -0.497 e. The third-order valence-electron chi connectivity index (χ3n) is 3.98. The number of carbonyl (C=O) groups excluding carboxylic acids is 1. The lowest BCUT2D eigenvalue weighted by Gasteiger charge is -2.01. The molecule has 0 aliphatic rings. The molecule has 8 nitrogen and oxygen atoms in total. The molecule has 2 aromatic carbocycles. The summed E-state index contributed by atoms with van der Waals surface area (Å²) in [5.74, 6) is 0.755. The molecule has 0 unspecified atom stereocenters. The van der Waals surface area contributed by atoms with Gasteiger partial charge in [-0.1, -0.05) is 6.92 Å². The number of methoxy groups -OCH3 is 1. The maximum Gasteiger partial charge on any atom is 0.339 e. The van der Waals surface area contributed by atoms with E-state index in [4.69, 9.17) is 20.3 Å². The summed E-state index contributed by atoms with van der Waals surface area (Å²) in [6, 6.07) is 14.4. The molecule has 10 heteroatoms. The summed E-state index contributed by atoms with van der Waals surface area (Å²) >= 11 is 2.40. The van der Waals surface area contributed by atoms with Crippen LogP contribution < -0.4 is 21.4 Å². The molecule has 0 saturated carbocycles. The summed E-state index contributed by atoms with van der Waals surface area (Å²) in [5.41, 5.74) is 7.30. The topological polar surface area (TPSA) is 131 Å². The molecule has 3 aromatic rings. The molecular weight excluding hydrogens is 448 g/mol. The molecule has 0 saturated heterocycles. The lowest BCUT2D eigenvalue weighted by molar-refractivity contribution is -0.105. The molecule has 3 rings (SSSR count). The highest BCUT2D eigenvalue weighted by Gasteiger charge is 2.02. The first-order chi connectivity index (χ1) is 15.4. The lowest BCUT2D eigenvalue weighted by atomic mass is 10.2. The molecular formula is C22H24N4O4S2. The number of aryl methyl sites for hydroxylation is 1. The van der Waals surface area contributed by atoms with Gasteiger partial charge in [0.15, 0.2) is 5.17 Å². The molecule has 0 fully saturated rings. The molecule has 0 aliphatic carbocycles. The third kappa shape index (κ3) is 7.78. The highest BCUT2D eigenvalue weighted by molar-refractivity contribution is 8.26. The summed E-state index contributed by atoms with van der Waals surface area (Å²) in [6.45, 7) is 3.62. The Bertz CT molecular complexity index is 1160. The van der Waals surface area contributed by atoms with Crippen molar-refractivity contribution >= 4 is 57.0 Å². The lowest BCUT2D eigenvalue weighted by Crippen LogP contribution is -2.08. The van der Waals surface area contributed by atoms with E-state index in [0.717, 1.165) is 33.5 Å². The van der Waals surface area contributed by atoms with Gasteiger partial charge in [0.1, 0.15) is 11.3 Å². The number of nitrogens with two attached hydrogens (primary N) is 1. The maximum absolute atomic E-state index is 11.2. The van der Waals surface area contributed by atoms with E-state index in [9.17, 15) is 9.59 Å². The first-order valence-corrected chi connectivity index (χ1v) is 11.1. The molecule has 4 N–H and O–H groups in total. The van der Waals surface area contributed by atoms with E-state index in [1.54, 1.807) is 44.4 Å². The van der Waals surface area contributed by atoms with Gasteiger partial charge < -0.3 is 20.2 Å². The summed E-state index contributed by atoms with van der Waals surface area (Å²) in [7, 11) is 1.60. The second-order valence-corrected chi connectivity index (χ2v) is 8.26. The second-order valence-electron chi connectivity index (χ2n) is 6.31. The molecule has 1 aromatic heterocycles. The van der Waals surface area contributed by atoms with Crippen LogP contribution in [0.5, 0.6) is 5.75 Å². The van der Waals surface area contributed by atoms with Crippen molar-refractivity contribution in [3.63, 3.8) is 0 Å². The van der Waals surface area contributed by atoms with Crippen LogP contribution in [0.1, 0.15) is 18.9 Å². The Kier molecular flexibility index (Phi) is 9.83. The Hall–Kier alpha value is -3.24. The number of hydrogen-bond acceptors (Lipinski definition) is 8. The summed E-state index contributed by atoms with van der Waals surface area (Å²) in [4.78, 5) is 22.3. The van der Waals surface area contributed by atoms with Gasteiger partial charge in [-0.25, -0.2) is 4.79 Å². The van der Waals surface area contributed by atoms with E-state index in [-0.39, 0.29) is 5.63 Å². The second kappa shape index (κ2) is 12.6. The van der Waals surface area contributed by atoms with Gasteiger partial charge in [0.25, 0.3) is 0 Å². The van der Waals surface area contributed by atoms with Crippen molar-refractivity contribution in [2.24, 2.45) is 10.1 Å². The molecule has 1 heterocycles. The fraction of sp³-hybridized carbons (Fsp3) is 0.182. The fourth-order valence-corrected chi connectivity index (χ4v) is 3.44. The van der Waals surface area contributed by atoms with Crippen LogP contribution in [-0.4, -0.2) is 23.7 Å². The number of amides is 1. The molecule has 1 amide bonds. The van der Waals surface area contributed by atoms with Gasteiger partial charge in [-0.3, -0.25) is 10.2 Å². The minimum absolute atomic E-state index is 0.289. The van der Waals surface area contributed by atoms with Gasteiger partial charge in [-0.2, -0.15) is 4.40 Å². The smallest absolute Gasteiger partial charge is 0.339 e. The molecule has 0 atom stereocenters. The molecule has 32 heavy (non-hydrogen) atoms. The first kappa shape index (κ1) is 25.0. The van der Waals surface area contributed by atoms with Crippen molar-refractivity contribution in [2.75, 3.05) is 12.4 Å². The zero-order valence-corrected chi connectivity index (χ0v) is 19.5. The third-order valence-corrected chi connectivity index (χ3v) is 5.71. The minimum atomic E-state index is -0.289. The average molecular weight is 473 g/mol. The Balaban J connectivity index is 0.000000233. The number of anilines is 1. The number of benzene rings is 2. The van der Waals surface area contributed by atoms with Crippen LogP contribution in [-0.2, 0) is 4.79 Å². The maximum atomic E-state index is 11.2. The van der Waals surface area contributed by atoms with E-state index < -0.39 is 0 Å². The molecule has 0 spiro atoms. The predicted octanol–water partition coefficient (Wildman–Crippen LogP) is 4.81. The van der Waals surface area contributed by atoms with Crippen molar-refractivity contribution in [1.29, 1.82) is 5.41 Å². The van der Waals surface area contributed by atoms with Crippen LogP contribution in [0.25, 0.3) is 11.0 Å². The van der Waals surface area contributed by atoms with Crippen LogP contribution >= 0.6 is 23.7 Å². The SMILES string of the molecule is CCC(=N)S/C(N)=N\Sc1ccc(NC=O)cc1.COc1ccc2oc(=O)c(C)cc2c1. The van der Waals surface area contributed by atoms with Crippen molar-refractivity contribution < 1.29 is 13.9 Å². The Morgan fingerprint density at radius 1 is 1.25 bits per heavy atom. The van der Waals surface area contributed by atoms with E-state index in [0.29, 0.717) is 34.2 Å². The number of carbonyl (C=O) groups is 1. The fourth-order valence-electron chi connectivity index (χ4n) is 2.33. The van der Waals surface area contributed by atoms with E-state index in [1.165, 1.54) is 11.9 Å². The van der Waals surface area contributed by atoms with E-state index in [1.807, 2.05) is 25.1 Å². The molecule has 168 valence electrons. The first-order valence-electron chi connectivity index (χ1n) is 9.50. The highest BCUT2D eigenvalue weighted by Crippen LogP contribution is 2.22. The number of thioether (sulfide) groups is 1. The van der Waals surface area contributed by atoms with Crippen LogP contribution in [0.3, 0.4) is 0 Å². The normalized spacial score (nSPS) is 10.8. The van der Waals surface area contributed by atoms with Gasteiger partial charge in [0.05, 0.1) is 12.2 Å². The van der Waals surface area contributed by atoms with Crippen molar-refractivity contribution in [2.45, 2.75) is 25.2 Å². The van der Waals surface area contributed by atoms with Crippen LogP contribution in [0.15, 0.2) is 67.0 Å². The average Bonchev–Trinajstić information content (AvgIpc) is 2.79. The molecule has 0 aliphatic heterocycles. The number of nitrogens with one attached hydrogen (secondary N) is 2. The quantitative estimate of drug-likeness (QED) is 0.154. The molecule has 0 bridgehead atoms. The monoisotopic (exact) mass is 472 g/mol. The van der Waals surface area contributed by atoms with E-state index in [2.05, 4.69) is 9.71 Å². The van der Waals surface area contributed by atoms with Crippen LogP contribution in [0.4, 0.5) is 5.69 Å². The standard InChI is InChI=1S/C11H14N4OS2.C11H10O3/c1-2-10(12)17-11(13)15-18-9-5-3-8(4-6-9)14-7-16;1-7-5-8-6-9(13-2)3-4-10(8)14-11(7)12/h3-7,12H,2H2,1H3,(H2,13,15)(H,14,16);3-6H,1-2H3. The largest absolute Gasteiger partial charge is 0.497 e. The zero-order valence-electron chi connectivity index (χ0n) is 17.9. The van der Waals surface area contributed by atoms with Crippen molar-refractivity contribution in [3.05, 3.63) is 64.5 Å².